The summed E-state index contributed by atoms with van der Waals surface area (Å²) in [5, 5.41) is 3.49. The Labute approximate surface area is 163 Å². The lowest BCUT2D eigenvalue weighted by Crippen LogP contribution is -2.37. The molecule has 0 radical (unpaired) electrons. The summed E-state index contributed by atoms with van der Waals surface area (Å²) in [4.78, 5) is 14.2. The zero-order valence-electron chi connectivity index (χ0n) is 15.1. The number of nitrogens with zero attached hydrogens (tertiary/aromatic N) is 1. The predicted molar refractivity (Wildman–Crippen MR) is 106 cm³/mol. The molecule has 0 saturated carbocycles. The zero-order valence-corrected chi connectivity index (χ0v) is 15.9. The molecule has 2 aromatic carbocycles. The monoisotopic (exact) mass is 388 g/mol. The van der Waals surface area contributed by atoms with Gasteiger partial charge in [-0.25, -0.2) is 4.39 Å². The summed E-state index contributed by atoms with van der Waals surface area (Å²) >= 11 is 6.08. The summed E-state index contributed by atoms with van der Waals surface area (Å²) in [5.74, 6) is -0.502. The van der Waals surface area contributed by atoms with E-state index in [1.165, 1.54) is 12.1 Å². The SMILES string of the molecule is CC(NC(=O)C=Cc1ccccc1Cl)c1ccc(F)c(N2CCOCC2)c1. The van der Waals surface area contributed by atoms with Gasteiger partial charge in [-0.05, 0) is 42.3 Å². The average molecular weight is 389 g/mol. The maximum Gasteiger partial charge on any atom is 0.244 e. The fourth-order valence-corrected chi connectivity index (χ4v) is 3.16. The first-order valence-electron chi connectivity index (χ1n) is 8.90. The van der Waals surface area contributed by atoms with Crippen molar-refractivity contribution in [1.82, 2.24) is 5.32 Å². The number of anilines is 1. The topological polar surface area (TPSA) is 41.6 Å². The van der Waals surface area contributed by atoms with Crippen molar-refractivity contribution in [2.45, 2.75) is 13.0 Å². The van der Waals surface area contributed by atoms with Crippen LogP contribution in [0.3, 0.4) is 0 Å². The summed E-state index contributed by atoms with van der Waals surface area (Å²) in [5.41, 5.74) is 2.17. The first kappa shape index (κ1) is 19.4. The molecule has 2 aromatic rings. The van der Waals surface area contributed by atoms with E-state index < -0.39 is 0 Å². The van der Waals surface area contributed by atoms with E-state index in [0.29, 0.717) is 37.0 Å². The van der Waals surface area contributed by atoms with Gasteiger partial charge < -0.3 is 15.0 Å². The molecule has 142 valence electrons. The lowest BCUT2D eigenvalue weighted by atomic mass is 10.1. The van der Waals surface area contributed by atoms with Gasteiger partial charge in [0.15, 0.2) is 0 Å². The van der Waals surface area contributed by atoms with Crippen molar-refractivity contribution in [1.29, 1.82) is 0 Å². The Balaban J connectivity index is 1.67. The number of halogens is 2. The number of hydrogen-bond donors (Lipinski definition) is 1. The highest BCUT2D eigenvalue weighted by Gasteiger charge is 2.17. The van der Waals surface area contributed by atoms with Crippen LogP contribution in [0.4, 0.5) is 10.1 Å². The Morgan fingerprint density at radius 1 is 1.26 bits per heavy atom. The molecule has 1 aliphatic rings. The standard InChI is InChI=1S/C21H22ClFN2O2/c1-15(24-21(26)9-7-16-4-2-3-5-18(16)22)17-6-8-19(23)20(14-17)25-10-12-27-13-11-25/h2-9,14-15H,10-13H2,1H3,(H,24,26). The minimum Gasteiger partial charge on any atom is -0.378 e. The Bertz CT molecular complexity index is 835. The molecule has 1 aliphatic heterocycles. The van der Waals surface area contributed by atoms with Crippen molar-refractivity contribution in [3.8, 4) is 0 Å². The van der Waals surface area contributed by atoms with E-state index in [-0.39, 0.29) is 17.8 Å². The Morgan fingerprint density at radius 3 is 2.74 bits per heavy atom. The third-order valence-electron chi connectivity index (χ3n) is 4.50. The minimum absolute atomic E-state index is 0.236. The summed E-state index contributed by atoms with van der Waals surface area (Å²) in [6.07, 6.45) is 3.12. The van der Waals surface area contributed by atoms with Gasteiger partial charge in [-0.2, -0.15) is 0 Å². The summed E-state index contributed by atoms with van der Waals surface area (Å²) in [7, 11) is 0. The number of rotatable bonds is 5. The maximum atomic E-state index is 14.2. The fraction of sp³-hybridized carbons (Fsp3) is 0.286. The van der Waals surface area contributed by atoms with Crippen LogP contribution >= 0.6 is 11.6 Å². The molecule has 1 N–H and O–H groups in total. The number of amides is 1. The molecule has 0 bridgehead atoms. The third-order valence-corrected chi connectivity index (χ3v) is 4.84. The van der Waals surface area contributed by atoms with Crippen LogP contribution < -0.4 is 10.2 Å². The Kier molecular flexibility index (Phi) is 6.48. The molecule has 0 aromatic heterocycles. The van der Waals surface area contributed by atoms with Crippen molar-refractivity contribution < 1.29 is 13.9 Å². The predicted octanol–water partition coefficient (Wildman–Crippen LogP) is 4.21. The van der Waals surface area contributed by atoms with Crippen LogP contribution in [0.1, 0.15) is 24.1 Å². The first-order chi connectivity index (χ1) is 13.0. The average Bonchev–Trinajstić information content (AvgIpc) is 2.68. The van der Waals surface area contributed by atoms with Crippen LogP contribution in [-0.2, 0) is 9.53 Å². The van der Waals surface area contributed by atoms with Crippen LogP contribution in [0.5, 0.6) is 0 Å². The van der Waals surface area contributed by atoms with Gasteiger partial charge >= 0.3 is 0 Å². The number of benzene rings is 2. The van der Waals surface area contributed by atoms with Crippen molar-refractivity contribution in [2.24, 2.45) is 0 Å². The van der Waals surface area contributed by atoms with E-state index in [2.05, 4.69) is 5.32 Å². The molecule has 27 heavy (non-hydrogen) atoms. The van der Waals surface area contributed by atoms with Crippen molar-refractivity contribution in [3.05, 3.63) is 70.5 Å². The van der Waals surface area contributed by atoms with Gasteiger partial charge in [-0.1, -0.05) is 35.9 Å². The van der Waals surface area contributed by atoms with Gasteiger partial charge in [0.2, 0.25) is 5.91 Å². The van der Waals surface area contributed by atoms with E-state index >= 15 is 0 Å². The smallest absolute Gasteiger partial charge is 0.244 e. The van der Waals surface area contributed by atoms with Gasteiger partial charge in [-0.15, -0.1) is 0 Å². The number of nitrogens with one attached hydrogen (secondary N) is 1. The van der Waals surface area contributed by atoms with Crippen LogP contribution in [0.2, 0.25) is 5.02 Å². The van der Waals surface area contributed by atoms with E-state index in [0.717, 1.165) is 11.1 Å². The second kappa shape index (κ2) is 9.02. The summed E-state index contributed by atoms with van der Waals surface area (Å²) in [6.45, 7) is 4.35. The lowest BCUT2D eigenvalue weighted by Gasteiger charge is -2.29. The Hall–Kier alpha value is -2.37. The second-order valence-corrected chi connectivity index (χ2v) is 6.80. The molecule has 3 rings (SSSR count). The second-order valence-electron chi connectivity index (χ2n) is 6.40. The zero-order chi connectivity index (χ0) is 19.2. The van der Waals surface area contributed by atoms with Gasteiger partial charge in [0.1, 0.15) is 5.82 Å². The van der Waals surface area contributed by atoms with Crippen LogP contribution in [0.15, 0.2) is 48.5 Å². The largest absolute Gasteiger partial charge is 0.378 e. The molecule has 1 heterocycles. The maximum absolute atomic E-state index is 14.2. The highest BCUT2D eigenvalue weighted by molar-refractivity contribution is 6.32. The molecule has 4 nitrogen and oxygen atoms in total. The number of ether oxygens (including phenoxy) is 1. The molecule has 6 heteroatoms. The molecular weight excluding hydrogens is 367 g/mol. The quantitative estimate of drug-likeness (QED) is 0.780. The van der Waals surface area contributed by atoms with E-state index in [1.807, 2.05) is 30.0 Å². The molecule has 1 atom stereocenters. The molecule has 1 unspecified atom stereocenters. The van der Waals surface area contributed by atoms with Crippen molar-refractivity contribution in [3.63, 3.8) is 0 Å². The number of carbonyl (C=O) groups excluding carboxylic acids is 1. The highest BCUT2D eigenvalue weighted by atomic mass is 35.5. The van der Waals surface area contributed by atoms with E-state index in [1.54, 1.807) is 24.3 Å². The third kappa shape index (κ3) is 5.08. The Morgan fingerprint density at radius 2 is 2.00 bits per heavy atom. The van der Waals surface area contributed by atoms with Gasteiger partial charge in [0.25, 0.3) is 0 Å². The normalized spacial score (nSPS) is 15.7. The molecule has 1 amide bonds. The molecule has 1 fully saturated rings. The van der Waals surface area contributed by atoms with Gasteiger partial charge in [0, 0.05) is 24.2 Å². The number of hydrogen-bond acceptors (Lipinski definition) is 3. The molecule has 0 aliphatic carbocycles. The minimum atomic E-state index is -0.266. The first-order valence-corrected chi connectivity index (χ1v) is 9.27. The van der Waals surface area contributed by atoms with Crippen LogP contribution in [-0.4, -0.2) is 32.2 Å². The van der Waals surface area contributed by atoms with Crippen LogP contribution in [0.25, 0.3) is 6.08 Å². The summed E-state index contributed by atoms with van der Waals surface area (Å²) < 4.78 is 19.6. The van der Waals surface area contributed by atoms with Crippen molar-refractivity contribution >= 4 is 29.3 Å². The van der Waals surface area contributed by atoms with Crippen molar-refractivity contribution in [2.75, 3.05) is 31.2 Å². The summed E-state index contributed by atoms with van der Waals surface area (Å²) in [6, 6.07) is 12.0. The van der Waals surface area contributed by atoms with Crippen LogP contribution in [0, 0.1) is 5.82 Å². The lowest BCUT2D eigenvalue weighted by molar-refractivity contribution is -0.117. The van der Waals surface area contributed by atoms with E-state index in [4.69, 9.17) is 16.3 Å². The number of carbonyl (C=O) groups is 1. The highest BCUT2D eigenvalue weighted by Crippen LogP contribution is 2.25. The van der Waals surface area contributed by atoms with Gasteiger partial charge in [0.05, 0.1) is 24.9 Å². The number of morpholine rings is 1. The molecule has 1 saturated heterocycles. The van der Waals surface area contributed by atoms with E-state index in [9.17, 15) is 9.18 Å². The molecule has 0 spiro atoms. The molecular formula is C21H22ClFN2O2. The van der Waals surface area contributed by atoms with Gasteiger partial charge in [-0.3, -0.25) is 4.79 Å². The fourth-order valence-electron chi connectivity index (χ4n) is 2.97.